The zero-order chi connectivity index (χ0) is 13.8. The minimum absolute atomic E-state index is 0.160. The molecule has 1 fully saturated rings. The predicted octanol–water partition coefficient (Wildman–Crippen LogP) is 4.06. The third kappa shape index (κ3) is 3.37. The predicted molar refractivity (Wildman–Crippen MR) is 79.0 cm³/mol. The molecule has 0 saturated heterocycles. The number of amides is 1. The van der Waals surface area contributed by atoms with Crippen LogP contribution in [0.25, 0.3) is 0 Å². The van der Waals surface area contributed by atoms with Crippen LogP contribution in [0.1, 0.15) is 61.8 Å². The summed E-state index contributed by atoms with van der Waals surface area (Å²) in [6.45, 7) is 6.39. The van der Waals surface area contributed by atoms with Gasteiger partial charge in [-0.1, -0.05) is 38.0 Å². The van der Waals surface area contributed by atoms with E-state index in [-0.39, 0.29) is 17.9 Å². The molecule has 1 amide bonds. The van der Waals surface area contributed by atoms with Gasteiger partial charge in [0.15, 0.2) is 0 Å². The molecule has 0 heterocycles. The van der Waals surface area contributed by atoms with Crippen LogP contribution in [-0.4, -0.2) is 5.91 Å². The van der Waals surface area contributed by atoms with Crippen molar-refractivity contribution in [2.45, 2.75) is 58.9 Å². The molecule has 1 aromatic rings. The first-order chi connectivity index (χ1) is 9.11. The minimum Gasteiger partial charge on any atom is -0.349 e. The molecule has 19 heavy (non-hydrogen) atoms. The van der Waals surface area contributed by atoms with Crippen LogP contribution in [0.15, 0.2) is 18.2 Å². The van der Waals surface area contributed by atoms with Crippen molar-refractivity contribution in [3.8, 4) is 0 Å². The summed E-state index contributed by atoms with van der Waals surface area (Å²) in [6, 6.07) is 6.66. The summed E-state index contributed by atoms with van der Waals surface area (Å²) >= 11 is 0. The van der Waals surface area contributed by atoms with Crippen molar-refractivity contribution < 1.29 is 4.79 Å². The Morgan fingerprint density at radius 3 is 2.53 bits per heavy atom. The van der Waals surface area contributed by atoms with E-state index in [2.05, 4.69) is 44.3 Å². The van der Waals surface area contributed by atoms with Crippen LogP contribution in [0.4, 0.5) is 0 Å². The van der Waals surface area contributed by atoms with E-state index in [1.807, 2.05) is 0 Å². The number of nitrogens with one attached hydrogen (secondary N) is 1. The first-order valence-electron chi connectivity index (χ1n) is 7.49. The van der Waals surface area contributed by atoms with Gasteiger partial charge in [-0.3, -0.25) is 4.79 Å². The number of aryl methyl sites for hydroxylation is 2. The van der Waals surface area contributed by atoms with Crippen molar-refractivity contribution in [1.29, 1.82) is 0 Å². The van der Waals surface area contributed by atoms with Crippen molar-refractivity contribution in [3.05, 3.63) is 34.9 Å². The highest BCUT2D eigenvalue weighted by atomic mass is 16.1. The fraction of sp³-hybridized carbons (Fsp3) is 0.588. The first kappa shape index (κ1) is 14.1. The highest BCUT2D eigenvalue weighted by Gasteiger charge is 2.24. The van der Waals surface area contributed by atoms with E-state index in [9.17, 15) is 4.79 Å². The van der Waals surface area contributed by atoms with Gasteiger partial charge in [0.2, 0.25) is 5.91 Å². The molecule has 104 valence electrons. The molecule has 0 bridgehead atoms. The van der Waals surface area contributed by atoms with Gasteiger partial charge in [-0.05, 0) is 49.8 Å². The van der Waals surface area contributed by atoms with E-state index < -0.39 is 0 Å². The Kier molecular flexibility index (Phi) is 4.62. The van der Waals surface area contributed by atoms with Gasteiger partial charge in [0.25, 0.3) is 0 Å². The number of hydrogen-bond acceptors (Lipinski definition) is 1. The fourth-order valence-corrected chi connectivity index (χ4v) is 2.88. The fourth-order valence-electron chi connectivity index (χ4n) is 2.88. The second-order valence-electron chi connectivity index (χ2n) is 5.79. The number of carbonyl (C=O) groups excluding carboxylic acids is 1. The molecule has 1 saturated carbocycles. The lowest BCUT2D eigenvalue weighted by atomic mass is 9.98. The van der Waals surface area contributed by atoms with Gasteiger partial charge in [0, 0.05) is 5.92 Å². The number of hydrogen-bond donors (Lipinski definition) is 1. The maximum absolute atomic E-state index is 12.2. The topological polar surface area (TPSA) is 29.1 Å². The molecule has 0 spiro atoms. The summed E-state index contributed by atoms with van der Waals surface area (Å²) in [4.78, 5) is 12.2. The van der Waals surface area contributed by atoms with Crippen LogP contribution in [0.5, 0.6) is 0 Å². The Balaban J connectivity index is 2.06. The molecule has 0 aromatic heterocycles. The molecule has 0 unspecified atom stereocenters. The van der Waals surface area contributed by atoms with Crippen LogP contribution >= 0.6 is 0 Å². The lowest BCUT2D eigenvalue weighted by Gasteiger charge is -2.20. The third-order valence-electron chi connectivity index (χ3n) is 4.38. The number of carbonyl (C=O) groups is 1. The van der Waals surface area contributed by atoms with Crippen molar-refractivity contribution in [2.24, 2.45) is 5.92 Å². The quantitative estimate of drug-likeness (QED) is 0.868. The lowest BCUT2D eigenvalue weighted by Crippen LogP contribution is -2.32. The van der Waals surface area contributed by atoms with Crippen molar-refractivity contribution in [3.63, 3.8) is 0 Å². The maximum Gasteiger partial charge on any atom is 0.223 e. The van der Waals surface area contributed by atoms with Gasteiger partial charge >= 0.3 is 0 Å². The second-order valence-corrected chi connectivity index (χ2v) is 5.79. The largest absolute Gasteiger partial charge is 0.349 e. The molecule has 1 aromatic carbocycles. The summed E-state index contributed by atoms with van der Waals surface area (Å²) in [5.74, 6) is 0.503. The molecule has 2 rings (SSSR count). The average molecular weight is 259 g/mol. The van der Waals surface area contributed by atoms with E-state index in [0.717, 1.165) is 19.3 Å². The smallest absolute Gasteiger partial charge is 0.223 e. The molecule has 1 atom stereocenters. The zero-order valence-corrected chi connectivity index (χ0v) is 12.3. The van der Waals surface area contributed by atoms with E-state index in [4.69, 9.17) is 0 Å². The Morgan fingerprint density at radius 1 is 1.26 bits per heavy atom. The van der Waals surface area contributed by atoms with Gasteiger partial charge in [0.1, 0.15) is 0 Å². The van der Waals surface area contributed by atoms with Crippen LogP contribution in [0.2, 0.25) is 0 Å². The molecule has 1 aliphatic rings. The summed E-state index contributed by atoms with van der Waals surface area (Å²) < 4.78 is 0. The SMILES string of the molecule is CC[C@H](NC(=O)C1CCCC1)c1ccc(C)c(C)c1. The minimum atomic E-state index is 0.160. The van der Waals surface area contributed by atoms with Crippen molar-refractivity contribution in [1.82, 2.24) is 5.32 Å². The van der Waals surface area contributed by atoms with Crippen LogP contribution < -0.4 is 5.32 Å². The van der Waals surface area contributed by atoms with Crippen molar-refractivity contribution >= 4 is 5.91 Å². The van der Waals surface area contributed by atoms with Crippen molar-refractivity contribution in [2.75, 3.05) is 0 Å². The molecule has 2 heteroatoms. The first-order valence-corrected chi connectivity index (χ1v) is 7.49. The van der Waals surface area contributed by atoms with Crippen LogP contribution in [0.3, 0.4) is 0 Å². The van der Waals surface area contributed by atoms with Gasteiger partial charge in [-0.25, -0.2) is 0 Å². The maximum atomic E-state index is 12.2. The van der Waals surface area contributed by atoms with E-state index in [1.165, 1.54) is 29.5 Å². The highest BCUT2D eigenvalue weighted by Crippen LogP contribution is 2.26. The van der Waals surface area contributed by atoms with E-state index in [1.54, 1.807) is 0 Å². The van der Waals surface area contributed by atoms with Gasteiger partial charge in [-0.2, -0.15) is 0 Å². The summed E-state index contributed by atoms with van der Waals surface area (Å²) in [5, 5.41) is 3.23. The molecule has 0 radical (unpaired) electrons. The van der Waals surface area contributed by atoms with Crippen LogP contribution in [0, 0.1) is 19.8 Å². The van der Waals surface area contributed by atoms with Gasteiger partial charge in [-0.15, -0.1) is 0 Å². The standard InChI is InChI=1S/C17H25NO/c1-4-16(15-10-9-12(2)13(3)11-15)18-17(19)14-7-5-6-8-14/h9-11,14,16H,4-8H2,1-3H3,(H,18,19)/t16-/m0/s1. The Labute approximate surface area is 116 Å². The molecule has 2 nitrogen and oxygen atoms in total. The van der Waals surface area contributed by atoms with E-state index in [0.29, 0.717) is 0 Å². The van der Waals surface area contributed by atoms with Crippen LogP contribution in [-0.2, 0) is 4.79 Å². The zero-order valence-electron chi connectivity index (χ0n) is 12.3. The van der Waals surface area contributed by atoms with Gasteiger partial charge in [0.05, 0.1) is 6.04 Å². The normalized spacial score (nSPS) is 17.4. The Morgan fingerprint density at radius 2 is 1.95 bits per heavy atom. The summed E-state index contributed by atoms with van der Waals surface area (Å²) in [5.41, 5.74) is 3.84. The average Bonchev–Trinajstić information content (AvgIpc) is 2.93. The molecule has 1 N–H and O–H groups in total. The monoisotopic (exact) mass is 259 g/mol. The van der Waals surface area contributed by atoms with Gasteiger partial charge < -0.3 is 5.32 Å². The summed E-state index contributed by atoms with van der Waals surface area (Å²) in [7, 11) is 0. The molecular weight excluding hydrogens is 234 g/mol. The van der Waals surface area contributed by atoms with E-state index >= 15 is 0 Å². The second kappa shape index (κ2) is 6.23. The Bertz CT molecular complexity index is 447. The number of benzene rings is 1. The summed E-state index contributed by atoms with van der Waals surface area (Å²) in [6.07, 6.45) is 5.49. The molecule has 0 aliphatic heterocycles. The lowest BCUT2D eigenvalue weighted by molar-refractivity contribution is -0.125. The molecular formula is C17H25NO. The number of rotatable bonds is 4. The highest BCUT2D eigenvalue weighted by molar-refractivity contribution is 5.79. The molecule has 1 aliphatic carbocycles. The Hall–Kier alpha value is -1.31. The third-order valence-corrected chi connectivity index (χ3v) is 4.38.